The first-order valence-corrected chi connectivity index (χ1v) is 31.5. The van der Waals surface area contributed by atoms with Gasteiger partial charge in [0.25, 0.3) is 0 Å². The second-order valence-electron chi connectivity index (χ2n) is 21.8. The van der Waals surface area contributed by atoms with Crippen molar-refractivity contribution in [2.24, 2.45) is 0 Å². The minimum absolute atomic E-state index is 0.189. The van der Waals surface area contributed by atoms with Crippen LogP contribution in [-0.2, 0) is 14.3 Å². The molecule has 0 radical (unpaired) electrons. The molecule has 1 fully saturated rings. The molecule has 1 aliphatic heterocycles. The molecular formula is C65H119NO8. The number of allylic oxidation sites excluding steroid dienone is 9. The van der Waals surface area contributed by atoms with E-state index in [1.54, 1.807) is 6.08 Å². The molecule has 1 rings (SSSR count). The number of carbonyl (C=O) groups is 1. The Bertz CT molecular complexity index is 1350. The van der Waals surface area contributed by atoms with Gasteiger partial charge < -0.3 is 40.3 Å². The Morgan fingerprint density at radius 1 is 0.459 bits per heavy atom. The molecule has 7 unspecified atom stereocenters. The lowest BCUT2D eigenvalue weighted by molar-refractivity contribution is -0.302. The first-order chi connectivity index (χ1) is 36.3. The van der Waals surface area contributed by atoms with E-state index in [9.17, 15) is 30.3 Å². The highest BCUT2D eigenvalue weighted by molar-refractivity contribution is 5.76. The van der Waals surface area contributed by atoms with Crippen LogP contribution < -0.4 is 5.32 Å². The number of nitrogens with one attached hydrogen (secondary N) is 1. The van der Waals surface area contributed by atoms with Crippen LogP contribution in [0.5, 0.6) is 0 Å². The van der Waals surface area contributed by atoms with Gasteiger partial charge in [-0.25, -0.2) is 0 Å². The molecule has 9 nitrogen and oxygen atoms in total. The van der Waals surface area contributed by atoms with Crippen molar-refractivity contribution in [3.63, 3.8) is 0 Å². The third-order valence-electron chi connectivity index (χ3n) is 14.8. The van der Waals surface area contributed by atoms with Crippen LogP contribution in [0.25, 0.3) is 0 Å². The molecule has 74 heavy (non-hydrogen) atoms. The quantitative estimate of drug-likeness (QED) is 0.0261. The summed E-state index contributed by atoms with van der Waals surface area (Å²) in [6, 6.07) is -0.829. The third kappa shape index (κ3) is 42.9. The second kappa shape index (κ2) is 54.3. The van der Waals surface area contributed by atoms with Gasteiger partial charge >= 0.3 is 0 Å². The Balaban J connectivity index is 2.12. The van der Waals surface area contributed by atoms with Gasteiger partial charge in [-0.15, -0.1) is 0 Å². The highest BCUT2D eigenvalue weighted by Crippen LogP contribution is 2.23. The van der Waals surface area contributed by atoms with Crippen LogP contribution in [-0.4, -0.2) is 87.5 Å². The predicted octanol–water partition coefficient (Wildman–Crippen LogP) is 16.2. The largest absolute Gasteiger partial charge is 0.394 e. The van der Waals surface area contributed by atoms with Crippen LogP contribution in [0.15, 0.2) is 60.8 Å². The lowest BCUT2D eigenvalue weighted by atomic mass is 9.99. The molecular weight excluding hydrogens is 923 g/mol. The molecule has 6 N–H and O–H groups in total. The maximum absolute atomic E-state index is 13.1. The Kier molecular flexibility index (Phi) is 51.3. The van der Waals surface area contributed by atoms with E-state index in [-0.39, 0.29) is 12.5 Å². The molecule has 0 aliphatic carbocycles. The van der Waals surface area contributed by atoms with Crippen LogP contribution in [0.2, 0.25) is 0 Å². The monoisotopic (exact) mass is 1040 g/mol. The first kappa shape index (κ1) is 69.9. The predicted molar refractivity (Wildman–Crippen MR) is 313 cm³/mol. The minimum atomic E-state index is -1.58. The summed E-state index contributed by atoms with van der Waals surface area (Å²) in [5.41, 5.74) is 0. The van der Waals surface area contributed by atoms with Crippen molar-refractivity contribution in [2.45, 2.75) is 333 Å². The Morgan fingerprint density at radius 3 is 1.22 bits per heavy atom. The number of unbranched alkanes of at least 4 members (excludes halogenated alkanes) is 36. The second-order valence-corrected chi connectivity index (χ2v) is 21.8. The molecule has 1 aliphatic rings. The molecule has 0 aromatic heterocycles. The summed E-state index contributed by atoms with van der Waals surface area (Å²) in [7, 11) is 0. The van der Waals surface area contributed by atoms with Gasteiger partial charge in [-0.3, -0.25) is 4.79 Å². The van der Waals surface area contributed by atoms with E-state index in [1.165, 1.54) is 212 Å². The number of hydrogen-bond acceptors (Lipinski definition) is 8. The van der Waals surface area contributed by atoms with Crippen LogP contribution >= 0.6 is 0 Å². The van der Waals surface area contributed by atoms with E-state index in [0.717, 1.165) is 57.8 Å². The standard InChI is InChI=1S/C65H119NO8/c1-3-5-7-9-11-13-15-17-19-21-22-23-24-25-26-27-28-29-30-31-32-33-34-35-36-37-38-39-41-43-45-47-49-51-53-55-61(69)66-58(57-73-65-64(72)63(71)62(70)60(56-67)74-65)59(68)54-52-50-48-46-44-42-40-20-18-16-14-12-10-8-6-4-2/h18,20,24-25,27-28,44,46,52,54,58-60,62-65,67-68,70-72H,3-17,19,21-23,26,29-43,45,47-51,53,55-57H2,1-2H3,(H,66,69)/b20-18+,25-24-,28-27-,46-44+,54-52+. The zero-order valence-electron chi connectivity index (χ0n) is 48.1. The molecule has 0 aromatic rings. The van der Waals surface area contributed by atoms with Crippen molar-refractivity contribution < 1.29 is 39.8 Å². The maximum atomic E-state index is 13.1. The van der Waals surface area contributed by atoms with E-state index >= 15 is 0 Å². The van der Waals surface area contributed by atoms with Crippen molar-refractivity contribution in [3.8, 4) is 0 Å². The SMILES string of the molecule is CCCCCCCC/C=C/CC/C=C/CC/C=C/C(O)C(COC1OC(CO)C(O)C(O)C1O)NC(=O)CCCCCCCCCCCCCCCCCCC/C=C\C/C=C\CCCCCCCCCCCCC. The third-order valence-corrected chi connectivity index (χ3v) is 14.8. The summed E-state index contributed by atoms with van der Waals surface area (Å²) in [6.45, 7) is 3.77. The lowest BCUT2D eigenvalue weighted by Gasteiger charge is -2.40. The highest BCUT2D eigenvalue weighted by Gasteiger charge is 2.44. The summed E-state index contributed by atoms with van der Waals surface area (Å²) in [4.78, 5) is 13.1. The maximum Gasteiger partial charge on any atom is 0.220 e. The number of rotatable bonds is 54. The molecule has 0 bridgehead atoms. The van der Waals surface area contributed by atoms with Gasteiger partial charge in [0.2, 0.25) is 5.91 Å². The van der Waals surface area contributed by atoms with E-state index in [2.05, 4.69) is 67.8 Å². The van der Waals surface area contributed by atoms with Crippen LogP contribution in [0.3, 0.4) is 0 Å². The summed E-state index contributed by atoms with van der Waals surface area (Å²) in [6.07, 6.45) is 67.5. The number of carbonyl (C=O) groups excluding carboxylic acids is 1. The number of ether oxygens (including phenoxy) is 2. The summed E-state index contributed by atoms with van der Waals surface area (Å²) in [5, 5.41) is 54.5. The molecule has 1 saturated heterocycles. The van der Waals surface area contributed by atoms with Gasteiger partial charge in [-0.1, -0.05) is 267 Å². The minimum Gasteiger partial charge on any atom is -0.394 e. The number of aliphatic hydroxyl groups excluding tert-OH is 5. The fourth-order valence-electron chi connectivity index (χ4n) is 9.81. The number of amides is 1. The van der Waals surface area contributed by atoms with Crippen molar-refractivity contribution in [3.05, 3.63) is 60.8 Å². The fraction of sp³-hybridized carbons (Fsp3) is 0.831. The van der Waals surface area contributed by atoms with E-state index < -0.39 is 49.5 Å². The molecule has 7 atom stereocenters. The topological polar surface area (TPSA) is 149 Å². The molecule has 9 heteroatoms. The Morgan fingerprint density at radius 2 is 0.811 bits per heavy atom. The highest BCUT2D eigenvalue weighted by atomic mass is 16.7. The van der Waals surface area contributed by atoms with Gasteiger partial charge in [0.15, 0.2) is 6.29 Å². The van der Waals surface area contributed by atoms with Gasteiger partial charge in [0, 0.05) is 6.42 Å². The van der Waals surface area contributed by atoms with Crippen molar-refractivity contribution in [2.75, 3.05) is 13.2 Å². The van der Waals surface area contributed by atoms with Gasteiger partial charge in [-0.2, -0.15) is 0 Å². The molecule has 1 heterocycles. The number of aliphatic hydroxyl groups is 5. The molecule has 0 saturated carbocycles. The van der Waals surface area contributed by atoms with Crippen LogP contribution in [0, 0.1) is 0 Å². The molecule has 432 valence electrons. The van der Waals surface area contributed by atoms with Gasteiger partial charge in [-0.05, 0) is 77.0 Å². The number of hydrogen-bond donors (Lipinski definition) is 6. The zero-order valence-corrected chi connectivity index (χ0v) is 48.1. The Labute approximate surface area is 456 Å². The van der Waals surface area contributed by atoms with E-state index in [4.69, 9.17) is 9.47 Å². The summed E-state index contributed by atoms with van der Waals surface area (Å²) < 4.78 is 11.3. The molecule has 0 aromatic carbocycles. The van der Waals surface area contributed by atoms with Crippen molar-refractivity contribution in [1.29, 1.82) is 0 Å². The normalized spacial score (nSPS) is 19.4. The summed E-state index contributed by atoms with van der Waals surface area (Å²) in [5.74, 6) is -0.189. The molecule has 1 amide bonds. The van der Waals surface area contributed by atoms with Crippen molar-refractivity contribution >= 4 is 5.91 Å². The first-order valence-electron chi connectivity index (χ1n) is 31.5. The van der Waals surface area contributed by atoms with Gasteiger partial charge in [0.05, 0.1) is 25.4 Å². The zero-order chi connectivity index (χ0) is 53.6. The summed E-state index contributed by atoms with van der Waals surface area (Å²) >= 11 is 0. The smallest absolute Gasteiger partial charge is 0.220 e. The van der Waals surface area contributed by atoms with E-state index in [1.807, 2.05) is 6.08 Å². The lowest BCUT2D eigenvalue weighted by Crippen LogP contribution is -2.60. The Hall–Kier alpha value is -2.11. The van der Waals surface area contributed by atoms with Gasteiger partial charge in [0.1, 0.15) is 24.4 Å². The molecule has 0 spiro atoms. The van der Waals surface area contributed by atoms with Crippen LogP contribution in [0.4, 0.5) is 0 Å². The average Bonchev–Trinajstić information content (AvgIpc) is 3.40. The average molecular weight is 1040 g/mol. The fourth-order valence-corrected chi connectivity index (χ4v) is 9.81. The van der Waals surface area contributed by atoms with Crippen molar-refractivity contribution in [1.82, 2.24) is 5.32 Å². The van der Waals surface area contributed by atoms with E-state index in [0.29, 0.717) is 6.42 Å². The van der Waals surface area contributed by atoms with Crippen LogP contribution in [0.1, 0.15) is 290 Å².